The van der Waals surface area contributed by atoms with Gasteiger partial charge in [-0.25, -0.2) is 0 Å². The molecule has 0 spiro atoms. The number of carbonyl (C=O) groups excluding carboxylic acids is 1. The summed E-state index contributed by atoms with van der Waals surface area (Å²) in [4.78, 5) is 25.6. The van der Waals surface area contributed by atoms with Crippen molar-refractivity contribution in [3.63, 3.8) is 0 Å². The summed E-state index contributed by atoms with van der Waals surface area (Å²) in [5.74, 6) is -0.222. The third kappa shape index (κ3) is 71.4. The number of hydrogen-bond acceptors (Lipinski definition) is 6. The van der Waals surface area contributed by atoms with E-state index in [1.54, 1.807) is 6.08 Å². The number of aliphatic hydroxyl groups excluding tert-OH is 1. The van der Waals surface area contributed by atoms with Gasteiger partial charge in [-0.3, -0.25) is 9.36 Å². The number of allylic oxidation sites excluding steroid dienone is 25. The van der Waals surface area contributed by atoms with E-state index < -0.39 is 26.6 Å². The number of phosphoric acid groups is 1. The van der Waals surface area contributed by atoms with Gasteiger partial charge in [0.05, 0.1) is 39.9 Å². The molecule has 89 heavy (non-hydrogen) atoms. The summed E-state index contributed by atoms with van der Waals surface area (Å²) in [6.45, 7) is 4.52. The van der Waals surface area contributed by atoms with Crippen molar-refractivity contribution in [2.24, 2.45) is 0 Å². The van der Waals surface area contributed by atoms with Gasteiger partial charge in [-0.15, -0.1) is 0 Å². The molecule has 0 heterocycles. The molecule has 0 bridgehead atoms. The Hall–Kier alpha value is -3.88. The van der Waals surface area contributed by atoms with Crippen molar-refractivity contribution in [1.29, 1.82) is 0 Å². The molecule has 508 valence electrons. The summed E-state index contributed by atoms with van der Waals surface area (Å²) in [6.07, 6.45) is 107. The van der Waals surface area contributed by atoms with Crippen LogP contribution in [0.4, 0.5) is 0 Å². The summed E-state index contributed by atoms with van der Waals surface area (Å²) in [5, 5.41) is 13.9. The maximum Gasteiger partial charge on any atom is 0.268 e. The largest absolute Gasteiger partial charge is 0.756 e. The third-order valence-electron chi connectivity index (χ3n) is 15.5. The van der Waals surface area contributed by atoms with E-state index in [0.717, 1.165) is 122 Å². The third-order valence-corrected chi connectivity index (χ3v) is 16.4. The van der Waals surface area contributed by atoms with E-state index in [1.165, 1.54) is 148 Å². The Labute approximate surface area is 550 Å². The standard InChI is InChI=1S/C80H137N2O6P/c1-6-8-10-12-14-16-18-20-22-24-26-28-30-32-34-35-36-37-38-39-40-41-42-43-44-45-46-47-48-50-52-54-56-58-60-62-64-66-68-70-72-74-80(84)81-78(77-88-89(85,86)87-76-75-82(3,4)5)79(83)73-71-69-67-65-63-61-59-57-55-53-51-49-33-31-29-27-25-23-21-19-17-15-13-11-9-7-2/h8,10,14,16,20,22,26,28,32,34,36-37,39-40,42-43,45-46,48,50,54,56,63,65,71,73,78-79,83H,6-7,9,11-13,15,17-19,21,23-25,27,29-31,33,35,38,41,44,47,49,51-53,55,57-62,64,66-70,72,74-77H2,1-5H3,(H-,81,84,85,86)/b10-8-,16-14-,22-20-,28-26-,34-32-,37-36-,40-39-,43-42-,46-45-,50-48-,56-54-,65-63+,73-71+. The van der Waals surface area contributed by atoms with Gasteiger partial charge < -0.3 is 28.8 Å². The second-order valence-electron chi connectivity index (χ2n) is 25.2. The second kappa shape index (κ2) is 68.5. The normalized spacial score (nSPS) is 14.6. The highest BCUT2D eigenvalue weighted by atomic mass is 31.2. The summed E-state index contributed by atoms with van der Waals surface area (Å²) in [5.41, 5.74) is 0. The van der Waals surface area contributed by atoms with Crippen molar-refractivity contribution < 1.29 is 32.9 Å². The Morgan fingerprint density at radius 1 is 0.404 bits per heavy atom. The van der Waals surface area contributed by atoms with Crippen molar-refractivity contribution in [3.8, 4) is 0 Å². The number of hydrogen-bond donors (Lipinski definition) is 2. The second-order valence-corrected chi connectivity index (χ2v) is 26.6. The topological polar surface area (TPSA) is 108 Å². The van der Waals surface area contributed by atoms with Gasteiger partial charge in [0.25, 0.3) is 7.82 Å². The Balaban J connectivity index is 4.18. The van der Waals surface area contributed by atoms with Crippen molar-refractivity contribution in [1.82, 2.24) is 5.32 Å². The van der Waals surface area contributed by atoms with Crippen LogP contribution < -0.4 is 10.2 Å². The Morgan fingerprint density at radius 2 is 0.697 bits per heavy atom. The number of unbranched alkanes of at least 4 members (excludes halogenated alkanes) is 28. The minimum absolute atomic E-state index is 0.0162. The molecule has 1 amide bonds. The molecular formula is C80H137N2O6P. The summed E-state index contributed by atoms with van der Waals surface area (Å²) in [6, 6.07) is -0.923. The van der Waals surface area contributed by atoms with E-state index in [-0.39, 0.29) is 12.5 Å². The maximum atomic E-state index is 13.0. The van der Waals surface area contributed by atoms with E-state index in [1.807, 2.05) is 27.2 Å². The van der Waals surface area contributed by atoms with Crippen molar-refractivity contribution in [2.75, 3.05) is 40.9 Å². The van der Waals surface area contributed by atoms with Gasteiger partial charge in [-0.2, -0.15) is 0 Å². The lowest BCUT2D eigenvalue weighted by atomic mass is 10.0. The first-order valence-electron chi connectivity index (χ1n) is 36.3. The van der Waals surface area contributed by atoms with E-state index in [0.29, 0.717) is 17.4 Å². The fraction of sp³-hybridized carbons (Fsp3) is 0.662. The van der Waals surface area contributed by atoms with Crippen LogP contribution in [0.5, 0.6) is 0 Å². The quantitative estimate of drug-likeness (QED) is 0.0272. The van der Waals surface area contributed by atoms with Gasteiger partial charge in [0.15, 0.2) is 0 Å². The smallest absolute Gasteiger partial charge is 0.268 e. The summed E-state index contributed by atoms with van der Waals surface area (Å²) < 4.78 is 23.4. The molecule has 2 N–H and O–H groups in total. The van der Waals surface area contributed by atoms with Crippen LogP contribution in [0.15, 0.2) is 158 Å². The van der Waals surface area contributed by atoms with E-state index >= 15 is 0 Å². The number of likely N-dealkylation sites (N-methyl/N-ethyl adjacent to an activating group) is 1. The average Bonchev–Trinajstić information content (AvgIpc) is 3.61. The van der Waals surface area contributed by atoms with Crippen LogP contribution in [0.3, 0.4) is 0 Å². The zero-order valence-electron chi connectivity index (χ0n) is 58.1. The molecule has 0 aliphatic carbocycles. The SMILES string of the molecule is CC/C=C\C/C=C\C/C=C\C/C=C\C/C=C\C/C=C\C/C=C\C/C=C\C/C=C\C/C=C\C/C=C\CCCCCCCCCC(=O)NC(COP(=O)([O-])OCC[N+](C)(C)C)C(O)/C=C/CC/C=C/CCCCCCCCCCCCCCCCCCCCCC. The molecule has 8 nitrogen and oxygen atoms in total. The highest BCUT2D eigenvalue weighted by Crippen LogP contribution is 2.38. The number of rotatable bonds is 65. The lowest BCUT2D eigenvalue weighted by Crippen LogP contribution is -2.45. The lowest BCUT2D eigenvalue weighted by Gasteiger charge is -2.29. The van der Waals surface area contributed by atoms with Gasteiger partial charge >= 0.3 is 0 Å². The highest BCUT2D eigenvalue weighted by molar-refractivity contribution is 7.45. The molecular weight excluding hydrogens is 1120 g/mol. The van der Waals surface area contributed by atoms with E-state index in [2.05, 4.69) is 165 Å². The first-order chi connectivity index (χ1) is 43.5. The molecule has 0 aromatic rings. The van der Waals surface area contributed by atoms with Crippen LogP contribution in [0.25, 0.3) is 0 Å². The van der Waals surface area contributed by atoms with Crippen LogP contribution in [0, 0.1) is 0 Å². The van der Waals surface area contributed by atoms with Gasteiger partial charge in [0.1, 0.15) is 13.2 Å². The Bertz CT molecular complexity index is 2010. The van der Waals surface area contributed by atoms with Gasteiger partial charge in [0.2, 0.25) is 5.91 Å². The molecule has 0 aromatic heterocycles. The number of quaternary nitrogens is 1. The van der Waals surface area contributed by atoms with Crippen molar-refractivity contribution in [2.45, 2.75) is 302 Å². The average molecular weight is 1250 g/mol. The molecule has 0 rings (SSSR count). The Morgan fingerprint density at radius 3 is 1.04 bits per heavy atom. The molecule has 0 aliphatic heterocycles. The van der Waals surface area contributed by atoms with Crippen LogP contribution in [-0.2, 0) is 18.4 Å². The fourth-order valence-electron chi connectivity index (χ4n) is 9.88. The van der Waals surface area contributed by atoms with E-state index in [9.17, 15) is 19.4 Å². The van der Waals surface area contributed by atoms with Crippen molar-refractivity contribution >= 4 is 13.7 Å². The van der Waals surface area contributed by atoms with Gasteiger partial charge in [-0.05, 0) is 116 Å². The molecule has 0 saturated heterocycles. The summed E-state index contributed by atoms with van der Waals surface area (Å²) in [7, 11) is 1.22. The predicted octanol–water partition coefficient (Wildman–Crippen LogP) is 23.1. The van der Waals surface area contributed by atoms with Crippen LogP contribution in [0.1, 0.15) is 290 Å². The maximum absolute atomic E-state index is 13.0. The van der Waals surface area contributed by atoms with Crippen LogP contribution in [-0.4, -0.2) is 68.5 Å². The van der Waals surface area contributed by atoms with Crippen LogP contribution >= 0.6 is 7.82 Å². The fourth-order valence-corrected chi connectivity index (χ4v) is 10.6. The first-order valence-corrected chi connectivity index (χ1v) is 37.8. The van der Waals surface area contributed by atoms with E-state index in [4.69, 9.17) is 9.05 Å². The first kappa shape index (κ1) is 85.1. The van der Waals surface area contributed by atoms with Crippen LogP contribution in [0.2, 0.25) is 0 Å². The number of aliphatic hydroxyl groups is 1. The Kier molecular flexibility index (Phi) is 65.5. The molecule has 3 atom stereocenters. The molecule has 3 unspecified atom stereocenters. The summed E-state index contributed by atoms with van der Waals surface area (Å²) >= 11 is 0. The van der Waals surface area contributed by atoms with Crippen molar-refractivity contribution in [3.05, 3.63) is 158 Å². The zero-order chi connectivity index (χ0) is 64.8. The zero-order valence-corrected chi connectivity index (χ0v) is 59.0. The predicted molar refractivity (Wildman–Crippen MR) is 389 cm³/mol. The number of carbonyl (C=O) groups is 1. The number of nitrogens with one attached hydrogen (secondary N) is 1. The number of amides is 1. The number of nitrogens with zero attached hydrogens (tertiary/aromatic N) is 1. The minimum Gasteiger partial charge on any atom is -0.756 e. The van der Waals surface area contributed by atoms with Gasteiger partial charge in [-0.1, -0.05) is 326 Å². The monoisotopic (exact) mass is 1250 g/mol. The molecule has 9 heteroatoms. The molecule has 0 radical (unpaired) electrons. The molecule has 0 fully saturated rings. The lowest BCUT2D eigenvalue weighted by molar-refractivity contribution is -0.870. The number of phosphoric ester groups is 1. The molecule has 0 aliphatic rings. The van der Waals surface area contributed by atoms with Gasteiger partial charge in [0, 0.05) is 6.42 Å². The minimum atomic E-state index is -4.63. The molecule has 0 aromatic carbocycles. The highest BCUT2D eigenvalue weighted by Gasteiger charge is 2.23. The molecule has 0 saturated carbocycles.